The minimum absolute atomic E-state index is 0.0702. The van der Waals surface area contributed by atoms with Crippen molar-refractivity contribution in [2.24, 2.45) is 0 Å². The standard InChI is InChI=1S/C17H20BrN3O2/c1-6-14(17(22)12(9-19)10-21(3)4)20-15-8-13(18)16(23-5)7-11(15)2/h6-8,10,20H,1-5H3/b12-10+,14-6-. The fraction of sp³-hybridized carbons (Fsp3) is 0.294. The van der Waals surface area contributed by atoms with Crippen LogP contribution in [0.4, 0.5) is 5.69 Å². The number of anilines is 1. The molecule has 0 atom stereocenters. The monoisotopic (exact) mass is 377 g/mol. The summed E-state index contributed by atoms with van der Waals surface area (Å²) in [6.45, 7) is 3.66. The van der Waals surface area contributed by atoms with Gasteiger partial charge in [-0.25, -0.2) is 0 Å². The van der Waals surface area contributed by atoms with Crippen LogP contribution in [0.25, 0.3) is 0 Å². The molecule has 0 saturated heterocycles. The van der Waals surface area contributed by atoms with E-state index in [1.54, 1.807) is 39.1 Å². The summed E-state index contributed by atoms with van der Waals surface area (Å²) in [7, 11) is 5.12. The summed E-state index contributed by atoms with van der Waals surface area (Å²) < 4.78 is 6.02. The van der Waals surface area contributed by atoms with E-state index in [2.05, 4.69) is 21.2 Å². The predicted octanol–water partition coefficient (Wildman–Crippen LogP) is 3.62. The second kappa shape index (κ2) is 8.39. The highest BCUT2D eigenvalue weighted by Crippen LogP contribution is 2.31. The summed E-state index contributed by atoms with van der Waals surface area (Å²) >= 11 is 3.43. The van der Waals surface area contributed by atoms with Gasteiger partial charge in [0.1, 0.15) is 17.4 Å². The zero-order valence-electron chi connectivity index (χ0n) is 13.9. The van der Waals surface area contributed by atoms with Gasteiger partial charge in [0, 0.05) is 26.0 Å². The van der Waals surface area contributed by atoms with E-state index >= 15 is 0 Å². The lowest BCUT2D eigenvalue weighted by Crippen LogP contribution is -2.16. The Morgan fingerprint density at radius 3 is 2.57 bits per heavy atom. The summed E-state index contributed by atoms with van der Waals surface area (Å²) in [6, 6.07) is 5.64. The molecule has 0 aliphatic carbocycles. The van der Waals surface area contributed by atoms with E-state index in [4.69, 9.17) is 4.74 Å². The number of nitrogens with one attached hydrogen (secondary N) is 1. The first-order valence-electron chi connectivity index (χ1n) is 6.94. The van der Waals surface area contributed by atoms with Gasteiger partial charge in [-0.3, -0.25) is 4.79 Å². The topological polar surface area (TPSA) is 65.4 Å². The Morgan fingerprint density at radius 2 is 2.09 bits per heavy atom. The van der Waals surface area contributed by atoms with Gasteiger partial charge >= 0.3 is 0 Å². The number of halogens is 1. The van der Waals surface area contributed by atoms with Crippen LogP contribution in [-0.2, 0) is 4.79 Å². The molecule has 6 heteroatoms. The molecule has 1 aromatic carbocycles. The van der Waals surface area contributed by atoms with Gasteiger partial charge < -0.3 is 15.0 Å². The normalized spacial score (nSPS) is 11.7. The third-order valence-corrected chi connectivity index (χ3v) is 3.67. The molecule has 122 valence electrons. The fourth-order valence-electron chi connectivity index (χ4n) is 1.89. The van der Waals surface area contributed by atoms with Crippen molar-refractivity contribution in [3.05, 3.63) is 45.7 Å². The minimum atomic E-state index is -0.352. The van der Waals surface area contributed by atoms with E-state index < -0.39 is 0 Å². The molecule has 0 bridgehead atoms. The number of benzene rings is 1. The van der Waals surface area contributed by atoms with Crippen molar-refractivity contribution in [3.63, 3.8) is 0 Å². The van der Waals surface area contributed by atoms with Crippen LogP contribution in [0.5, 0.6) is 5.75 Å². The average molecular weight is 378 g/mol. The number of Topliss-reactive ketones (excluding diaryl/α,β-unsaturated/α-hetero) is 1. The summed E-state index contributed by atoms with van der Waals surface area (Å²) in [5.74, 6) is 0.363. The highest BCUT2D eigenvalue weighted by atomic mass is 79.9. The van der Waals surface area contributed by atoms with E-state index in [0.717, 1.165) is 15.7 Å². The molecule has 0 heterocycles. The molecule has 0 aromatic heterocycles. The minimum Gasteiger partial charge on any atom is -0.496 e. The lowest BCUT2D eigenvalue weighted by atomic mass is 10.1. The molecule has 1 aromatic rings. The molecule has 0 saturated carbocycles. The van der Waals surface area contributed by atoms with Crippen molar-refractivity contribution in [1.82, 2.24) is 4.90 Å². The SMILES string of the molecule is C/C=C(\Nc1cc(Br)c(OC)cc1C)C(=O)/C(C#N)=C/N(C)C. The number of carbonyl (C=O) groups is 1. The largest absolute Gasteiger partial charge is 0.496 e. The van der Waals surface area contributed by atoms with Gasteiger partial charge in [0.2, 0.25) is 5.78 Å². The molecule has 0 fully saturated rings. The summed E-state index contributed by atoms with van der Waals surface area (Å²) in [6.07, 6.45) is 3.16. The van der Waals surface area contributed by atoms with Crippen molar-refractivity contribution in [2.75, 3.05) is 26.5 Å². The van der Waals surface area contributed by atoms with Crippen LogP contribution in [0.1, 0.15) is 12.5 Å². The Labute approximate surface area is 145 Å². The van der Waals surface area contributed by atoms with Gasteiger partial charge in [-0.2, -0.15) is 5.26 Å². The number of allylic oxidation sites excluding steroid dienone is 2. The first-order chi connectivity index (χ1) is 10.8. The van der Waals surface area contributed by atoms with E-state index in [-0.39, 0.29) is 11.4 Å². The number of rotatable bonds is 6. The molecule has 0 amide bonds. The maximum Gasteiger partial charge on any atom is 0.220 e. The summed E-state index contributed by atoms with van der Waals surface area (Å²) in [4.78, 5) is 14.1. The van der Waals surface area contributed by atoms with Crippen molar-refractivity contribution < 1.29 is 9.53 Å². The first kappa shape index (κ1) is 18.8. The zero-order chi connectivity index (χ0) is 17.6. The second-order valence-electron chi connectivity index (χ2n) is 5.08. The smallest absolute Gasteiger partial charge is 0.220 e. The molecule has 5 nitrogen and oxygen atoms in total. The fourth-order valence-corrected chi connectivity index (χ4v) is 2.40. The van der Waals surface area contributed by atoms with Crippen LogP contribution in [0.15, 0.2) is 40.2 Å². The highest BCUT2D eigenvalue weighted by Gasteiger charge is 2.16. The quantitative estimate of drug-likeness (QED) is 0.605. The van der Waals surface area contributed by atoms with Gasteiger partial charge in [-0.15, -0.1) is 0 Å². The number of aryl methyl sites for hydroxylation is 1. The Morgan fingerprint density at radius 1 is 1.43 bits per heavy atom. The van der Waals surface area contributed by atoms with Crippen molar-refractivity contribution in [3.8, 4) is 11.8 Å². The maximum atomic E-state index is 12.5. The van der Waals surface area contributed by atoms with Gasteiger partial charge in [0.25, 0.3) is 0 Å². The average Bonchev–Trinajstić information content (AvgIpc) is 2.51. The third kappa shape index (κ3) is 4.86. The van der Waals surface area contributed by atoms with Crippen LogP contribution >= 0.6 is 15.9 Å². The second-order valence-corrected chi connectivity index (χ2v) is 5.93. The molecular formula is C17H20BrN3O2. The van der Waals surface area contributed by atoms with Gasteiger partial charge in [-0.1, -0.05) is 6.08 Å². The van der Waals surface area contributed by atoms with E-state index in [1.807, 2.05) is 25.1 Å². The number of nitrogens with zero attached hydrogens (tertiary/aromatic N) is 2. The highest BCUT2D eigenvalue weighted by molar-refractivity contribution is 9.10. The van der Waals surface area contributed by atoms with Crippen molar-refractivity contribution in [2.45, 2.75) is 13.8 Å². The number of methoxy groups -OCH3 is 1. The lowest BCUT2D eigenvalue weighted by molar-refractivity contribution is -0.111. The van der Waals surface area contributed by atoms with Crippen LogP contribution in [0.2, 0.25) is 0 Å². The number of ether oxygens (including phenoxy) is 1. The molecule has 23 heavy (non-hydrogen) atoms. The van der Waals surface area contributed by atoms with Gasteiger partial charge in [-0.05, 0) is 47.5 Å². The Kier molecular flexibility index (Phi) is 6.86. The van der Waals surface area contributed by atoms with Crippen LogP contribution in [0.3, 0.4) is 0 Å². The van der Waals surface area contributed by atoms with E-state index in [1.165, 1.54) is 6.20 Å². The molecule has 1 rings (SSSR count). The van der Waals surface area contributed by atoms with Crippen LogP contribution in [-0.4, -0.2) is 31.9 Å². The molecule has 0 radical (unpaired) electrons. The van der Waals surface area contributed by atoms with Crippen LogP contribution < -0.4 is 10.1 Å². The Hall–Kier alpha value is -2.26. The molecule has 0 aliphatic rings. The number of carbonyl (C=O) groups excluding carboxylic acids is 1. The Balaban J connectivity index is 3.14. The molecule has 1 N–H and O–H groups in total. The first-order valence-corrected chi connectivity index (χ1v) is 7.73. The van der Waals surface area contributed by atoms with E-state index in [0.29, 0.717) is 11.4 Å². The van der Waals surface area contributed by atoms with Crippen molar-refractivity contribution in [1.29, 1.82) is 5.26 Å². The predicted molar refractivity (Wildman–Crippen MR) is 95.2 cm³/mol. The number of ketones is 1. The molecule has 0 aliphatic heterocycles. The Bertz CT molecular complexity index is 701. The molecule has 0 unspecified atom stereocenters. The van der Waals surface area contributed by atoms with Crippen LogP contribution in [0, 0.1) is 18.3 Å². The number of hydrogen-bond donors (Lipinski definition) is 1. The molecular weight excluding hydrogens is 358 g/mol. The van der Waals surface area contributed by atoms with Crippen molar-refractivity contribution >= 4 is 27.4 Å². The molecule has 0 spiro atoms. The maximum absolute atomic E-state index is 12.5. The zero-order valence-corrected chi connectivity index (χ0v) is 15.5. The number of nitriles is 1. The number of hydrogen-bond acceptors (Lipinski definition) is 5. The van der Waals surface area contributed by atoms with E-state index in [9.17, 15) is 10.1 Å². The van der Waals surface area contributed by atoms with Gasteiger partial charge in [0.05, 0.1) is 17.3 Å². The van der Waals surface area contributed by atoms with Gasteiger partial charge in [0.15, 0.2) is 0 Å². The summed E-state index contributed by atoms with van der Waals surface area (Å²) in [5.41, 5.74) is 2.11. The summed E-state index contributed by atoms with van der Waals surface area (Å²) in [5, 5.41) is 12.3. The lowest BCUT2D eigenvalue weighted by Gasteiger charge is -2.15. The third-order valence-electron chi connectivity index (χ3n) is 3.05.